The molecule has 5 nitrogen and oxygen atoms in total. The normalized spacial score (nSPS) is 18.4. The average molecular weight is 460 g/mol. The lowest BCUT2D eigenvalue weighted by atomic mass is 10.0. The number of nitrogens with one attached hydrogen (secondary N) is 2. The Labute approximate surface area is 169 Å². The summed E-state index contributed by atoms with van der Waals surface area (Å²) in [6.45, 7) is 9.17. The van der Waals surface area contributed by atoms with Crippen LogP contribution >= 0.6 is 24.0 Å². The monoisotopic (exact) mass is 460 g/mol. The molecule has 2 N–H and O–H groups in total. The van der Waals surface area contributed by atoms with E-state index in [1.165, 1.54) is 25.8 Å². The first-order chi connectivity index (χ1) is 11.8. The fourth-order valence-electron chi connectivity index (χ4n) is 3.20. The topological polar surface area (TPSA) is 48.9 Å². The number of hydrogen-bond acceptors (Lipinski definition) is 3. The van der Waals surface area contributed by atoms with Crippen LogP contribution < -0.4 is 15.4 Å². The van der Waals surface area contributed by atoms with Gasteiger partial charge in [0.15, 0.2) is 5.96 Å². The highest BCUT2D eigenvalue weighted by atomic mass is 127. The van der Waals surface area contributed by atoms with E-state index in [4.69, 9.17) is 9.73 Å². The van der Waals surface area contributed by atoms with Gasteiger partial charge in [-0.3, -0.25) is 4.90 Å². The van der Waals surface area contributed by atoms with Gasteiger partial charge in [-0.2, -0.15) is 0 Å². The highest BCUT2D eigenvalue weighted by Gasteiger charge is 2.20. The van der Waals surface area contributed by atoms with E-state index in [0.29, 0.717) is 12.6 Å². The summed E-state index contributed by atoms with van der Waals surface area (Å²) in [5.41, 5.74) is 1.15. The van der Waals surface area contributed by atoms with Crippen molar-refractivity contribution in [2.24, 2.45) is 4.99 Å². The Morgan fingerprint density at radius 3 is 2.84 bits per heavy atom. The summed E-state index contributed by atoms with van der Waals surface area (Å²) >= 11 is 0. The third-order valence-electron chi connectivity index (χ3n) is 4.56. The molecular formula is C19H33IN4O. The third-order valence-corrected chi connectivity index (χ3v) is 4.56. The molecule has 6 heteroatoms. The van der Waals surface area contributed by atoms with Crippen molar-refractivity contribution >= 4 is 29.9 Å². The molecule has 1 aliphatic rings. The van der Waals surface area contributed by atoms with E-state index < -0.39 is 0 Å². The van der Waals surface area contributed by atoms with Crippen LogP contribution in [-0.2, 0) is 6.54 Å². The summed E-state index contributed by atoms with van der Waals surface area (Å²) in [7, 11) is 1.69. The molecule has 1 fully saturated rings. The van der Waals surface area contributed by atoms with Gasteiger partial charge in [-0.15, -0.1) is 24.0 Å². The number of rotatable bonds is 7. The predicted octanol–water partition coefficient (Wildman–Crippen LogP) is 3.24. The van der Waals surface area contributed by atoms with Crippen molar-refractivity contribution in [3.63, 3.8) is 0 Å². The molecule has 1 saturated heterocycles. The summed E-state index contributed by atoms with van der Waals surface area (Å²) in [5, 5.41) is 6.86. The van der Waals surface area contributed by atoms with Gasteiger partial charge < -0.3 is 15.4 Å². The van der Waals surface area contributed by atoms with Crippen LogP contribution in [0, 0.1) is 0 Å². The predicted molar refractivity (Wildman–Crippen MR) is 116 cm³/mol. The molecule has 0 spiro atoms. The van der Waals surface area contributed by atoms with Gasteiger partial charge in [0.25, 0.3) is 0 Å². The van der Waals surface area contributed by atoms with Crippen LogP contribution in [0.4, 0.5) is 0 Å². The SMILES string of the molecule is CCNC(=NCc1cccc(OC)c1)NCC1CCCCN1CC.I. The van der Waals surface area contributed by atoms with Gasteiger partial charge in [0, 0.05) is 19.1 Å². The number of likely N-dealkylation sites (N-methyl/N-ethyl adjacent to an activating group) is 1. The van der Waals surface area contributed by atoms with Crippen molar-refractivity contribution in [1.82, 2.24) is 15.5 Å². The third kappa shape index (κ3) is 7.40. The Morgan fingerprint density at radius 2 is 2.12 bits per heavy atom. The second-order valence-electron chi connectivity index (χ2n) is 6.21. The van der Waals surface area contributed by atoms with E-state index in [9.17, 15) is 0 Å². The number of aliphatic imine (C=N–C) groups is 1. The largest absolute Gasteiger partial charge is 0.497 e. The van der Waals surface area contributed by atoms with Gasteiger partial charge in [-0.1, -0.05) is 25.5 Å². The lowest BCUT2D eigenvalue weighted by molar-refractivity contribution is 0.157. The van der Waals surface area contributed by atoms with Crippen LogP contribution in [0.1, 0.15) is 38.7 Å². The Balaban J connectivity index is 0.00000312. The van der Waals surface area contributed by atoms with Crippen LogP contribution in [0.15, 0.2) is 29.3 Å². The summed E-state index contributed by atoms with van der Waals surface area (Å²) in [6, 6.07) is 8.69. The van der Waals surface area contributed by atoms with Crippen LogP contribution in [0.5, 0.6) is 5.75 Å². The van der Waals surface area contributed by atoms with Crippen molar-refractivity contribution < 1.29 is 4.74 Å². The van der Waals surface area contributed by atoms with Gasteiger partial charge in [-0.05, 0) is 50.6 Å². The van der Waals surface area contributed by atoms with E-state index in [2.05, 4.69) is 35.4 Å². The number of nitrogens with zero attached hydrogens (tertiary/aromatic N) is 2. The van der Waals surface area contributed by atoms with Gasteiger partial charge >= 0.3 is 0 Å². The lowest BCUT2D eigenvalue weighted by Crippen LogP contribution is -2.49. The molecule has 0 aliphatic carbocycles. The number of piperidine rings is 1. The fourth-order valence-corrected chi connectivity index (χ4v) is 3.20. The van der Waals surface area contributed by atoms with Crippen LogP contribution in [0.25, 0.3) is 0 Å². The molecule has 142 valence electrons. The number of hydrogen-bond donors (Lipinski definition) is 2. The van der Waals surface area contributed by atoms with Crippen molar-refractivity contribution in [2.75, 3.05) is 33.3 Å². The second kappa shape index (κ2) is 12.4. The van der Waals surface area contributed by atoms with E-state index in [-0.39, 0.29) is 24.0 Å². The Bertz CT molecular complexity index is 524. The van der Waals surface area contributed by atoms with Gasteiger partial charge in [0.1, 0.15) is 5.75 Å². The Morgan fingerprint density at radius 1 is 1.28 bits per heavy atom. The fraction of sp³-hybridized carbons (Fsp3) is 0.632. The maximum atomic E-state index is 5.27. The van der Waals surface area contributed by atoms with Crippen molar-refractivity contribution in [2.45, 2.75) is 45.7 Å². The number of halogens is 1. The van der Waals surface area contributed by atoms with Crippen LogP contribution in [0.2, 0.25) is 0 Å². The minimum absolute atomic E-state index is 0. The molecule has 0 saturated carbocycles. The minimum Gasteiger partial charge on any atom is -0.497 e. The molecule has 2 rings (SSSR count). The molecule has 1 heterocycles. The molecule has 0 bridgehead atoms. The summed E-state index contributed by atoms with van der Waals surface area (Å²) < 4.78 is 5.27. The molecule has 1 aromatic carbocycles. The Kier molecular flexibility index (Phi) is 10.9. The van der Waals surface area contributed by atoms with E-state index in [1.54, 1.807) is 7.11 Å². The zero-order valence-corrected chi connectivity index (χ0v) is 18.1. The molecule has 1 atom stereocenters. The first-order valence-corrected chi connectivity index (χ1v) is 9.16. The van der Waals surface area contributed by atoms with Crippen LogP contribution in [-0.4, -0.2) is 50.2 Å². The summed E-state index contributed by atoms with van der Waals surface area (Å²) in [4.78, 5) is 7.29. The molecule has 1 aromatic rings. The quantitative estimate of drug-likeness (QED) is 0.373. The number of guanidine groups is 1. The number of methoxy groups -OCH3 is 1. The molecule has 1 unspecified atom stereocenters. The van der Waals surface area contributed by atoms with Gasteiger partial charge in [0.2, 0.25) is 0 Å². The lowest BCUT2D eigenvalue weighted by Gasteiger charge is -2.35. The molecular weight excluding hydrogens is 427 g/mol. The zero-order chi connectivity index (χ0) is 17.2. The Hall–Kier alpha value is -1.02. The molecule has 0 aromatic heterocycles. The van der Waals surface area contributed by atoms with E-state index in [0.717, 1.165) is 36.9 Å². The van der Waals surface area contributed by atoms with E-state index >= 15 is 0 Å². The second-order valence-corrected chi connectivity index (χ2v) is 6.21. The van der Waals surface area contributed by atoms with Gasteiger partial charge in [0.05, 0.1) is 13.7 Å². The zero-order valence-electron chi connectivity index (χ0n) is 15.8. The highest BCUT2D eigenvalue weighted by Crippen LogP contribution is 2.16. The van der Waals surface area contributed by atoms with Crippen molar-refractivity contribution in [1.29, 1.82) is 0 Å². The van der Waals surface area contributed by atoms with Crippen LogP contribution in [0.3, 0.4) is 0 Å². The maximum Gasteiger partial charge on any atom is 0.191 e. The molecule has 1 aliphatic heterocycles. The number of likely N-dealkylation sites (tertiary alicyclic amines) is 1. The first kappa shape index (κ1) is 22.0. The highest BCUT2D eigenvalue weighted by molar-refractivity contribution is 14.0. The van der Waals surface area contributed by atoms with Crippen molar-refractivity contribution in [3.05, 3.63) is 29.8 Å². The molecule has 25 heavy (non-hydrogen) atoms. The summed E-state index contributed by atoms with van der Waals surface area (Å²) in [5.74, 6) is 1.77. The standard InChI is InChI=1S/C19H32N4O.HI/c1-4-20-19(21-14-16-9-8-11-18(13-16)24-3)22-15-17-10-6-7-12-23(17)5-2;/h8-9,11,13,17H,4-7,10,12,14-15H2,1-3H3,(H2,20,21,22);1H. The molecule has 0 amide bonds. The number of benzene rings is 1. The smallest absolute Gasteiger partial charge is 0.191 e. The van der Waals surface area contributed by atoms with E-state index in [1.807, 2.05) is 18.2 Å². The number of ether oxygens (including phenoxy) is 1. The summed E-state index contributed by atoms with van der Waals surface area (Å²) in [6.07, 6.45) is 3.94. The maximum absolute atomic E-state index is 5.27. The molecule has 0 radical (unpaired) electrons. The van der Waals surface area contributed by atoms with Gasteiger partial charge in [-0.25, -0.2) is 4.99 Å². The average Bonchev–Trinajstić information content (AvgIpc) is 2.64. The minimum atomic E-state index is 0. The van der Waals surface area contributed by atoms with Crippen molar-refractivity contribution in [3.8, 4) is 5.75 Å². The first-order valence-electron chi connectivity index (χ1n) is 9.16.